The first-order valence-corrected chi connectivity index (χ1v) is 11.3. The van der Waals surface area contributed by atoms with Gasteiger partial charge in [-0.1, -0.05) is 13.0 Å². The van der Waals surface area contributed by atoms with E-state index >= 15 is 0 Å². The number of halogens is 3. The highest BCUT2D eigenvalue weighted by molar-refractivity contribution is 7.89. The Morgan fingerprint density at radius 2 is 1.87 bits per heavy atom. The summed E-state index contributed by atoms with van der Waals surface area (Å²) in [5.41, 5.74) is -0.997. The maximum Gasteiger partial charge on any atom is 0.416 e. The van der Waals surface area contributed by atoms with Gasteiger partial charge in [0.1, 0.15) is 0 Å². The lowest BCUT2D eigenvalue weighted by atomic mass is 10.2. The van der Waals surface area contributed by atoms with E-state index in [0.717, 1.165) is 18.6 Å². The van der Waals surface area contributed by atoms with Crippen LogP contribution in [0.25, 0.3) is 0 Å². The smallest absolute Gasteiger partial charge is 0.375 e. The van der Waals surface area contributed by atoms with E-state index in [-0.39, 0.29) is 36.5 Å². The van der Waals surface area contributed by atoms with Crippen molar-refractivity contribution < 1.29 is 31.1 Å². The largest absolute Gasteiger partial charge is 0.416 e. The number of ether oxygens (including phenoxy) is 1. The second kappa shape index (κ2) is 9.21. The molecule has 1 aromatic carbocycles. The van der Waals surface area contributed by atoms with E-state index in [0.29, 0.717) is 38.9 Å². The second-order valence-corrected chi connectivity index (χ2v) is 9.38. The molecule has 1 unspecified atom stereocenters. The number of rotatable bonds is 5. The summed E-state index contributed by atoms with van der Waals surface area (Å²) < 4.78 is 71.0. The van der Waals surface area contributed by atoms with Crippen molar-refractivity contribution >= 4 is 15.9 Å². The Balaban J connectivity index is 1.58. The van der Waals surface area contributed by atoms with Crippen LogP contribution in [0.3, 0.4) is 0 Å². The molecule has 0 radical (unpaired) electrons. The average molecular weight is 449 g/mol. The van der Waals surface area contributed by atoms with Crippen molar-refractivity contribution in [3.05, 3.63) is 29.8 Å². The Bertz CT molecular complexity index is 855. The van der Waals surface area contributed by atoms with Crippen LogP contribution in [-0.2, 0) is 25.7 Å². The molecule has 2 aliphatic rings. The van der Waals surface area contributed by atoms with Crippen molar-refractivity contribution in [1.29, 1.82) is 0 Å². The number of hydrogen-bond acceptors (Lipinski definition) is 5. The Labute approximate surface area is 174 Å². The van der Waals surface area contributed by atoms with E-state index in [1.165, 1.54) is 10.4 Å². The van der Waals surface area contributed by atoms with Gasteiger partial charge in [0.05, 0.1) is 29.7 Å². The van der Waals surface area contributed by atoms with Crippen molar-refractivity contribution in [2.45, 2.75) is 30.5 Å². The molecule has 2 heterocycles. The lowest BCUT2D eigenvalue weighted by molar-refractivity contribution is -0.140. The predicted molar refractivity (Wildman–Crippen MR) is 103 cm³/mol. The fraction of sp³-hybridized carbons (Fsp3) is 0.632. The third-order valence-electron chi connectivity index (χ3n) is 5.44. The van der Waals surface area contributed by atoms with Crippen LogP contribution in [0.2, 0.25) is 0 Å². The van der Waals surface area contributed by atoms with Crippen LogP contribution in [0.1, 0.15) is 18.9 Å². The number of amides is 1. The minimum absolute atomic E-state index is 0.0223. The van der Waals surface area contributed by atoms with Crippen molar-refractivity contribution in [3.63, 3.8) is 0 Å². The van der Waals surface area contributed by atoms with Gasteiger partial charge < -0.3 is 9.64 Å². The summed E-state index contributed by atoms with van der Waals surface area (Å²) >= 11 is 0. The fourth-order valence-corrected chi connectivity index (χ4v) is 5.06. The summed E-state index contributed by atoms with van der Waals surface area (Å²) in [6.07, 6.45) is -3.74. The van der Waals surface area contributed by atoms with Gasteiger partial charge >= 0.3 is 6.18 Å². The first-order chi connectivity index (χ1) is 14.1. The van der Waals surface area contributed by atoms with Gasteiger partial charge in [0, 0.05) is 39.3 Å². The number of morpholine rings is 1. The maximum absolute atomic E-state index is 12.9. The molecule has 0 saturated carbocycles. The third kappa shape index (κ3) is 5.32. The molecule has 1 atom stereocenters. The molecule has 0 spiro atoms. The lowest BCUT2D eigenvalue weighted by Crippen LogP contribution is -2.53. The molecule has 2 aliphatic heterocycles. The van der Waals surface area contributed by atoms with Crippen molar-refractivity contribution in [2.24, 2.45) is 0 Å². The predicted octanol–water partition coefficient (Wildman–Crippen LogP) is 1.65. The number of benzene rings is 1. The van der Waals surface area contributed by atoms with Gasteiger partial charge in [-0.15, -0.1) is 0 Å². The zero-order valence-electron chi connectivity index (χ0n) is 16.8. The highest BCUT2D eigenvalue weighted by Gasteiger charge is 2.34. The van der Waals surface area contributed by atoms with Gasteiger partial charge in [-0.2, -0.15) is 17.5 Å². The molecule has 2 fully saturated rings. The Hall–Kier alpha value is -1.69. The highest BCUT2D eigenvalue weighted by Crippen LogP contribution is 2.31. The number of sulfonamides is 1. The van der Waals surface area contributed by atoms with Crippen LogP contribution in [0, 0.1) is 0 Å². The number of alkyl halides is 3. The molecule has 0 aromatic heterocycles. The Kier molecular flexibility index (Phi) is 7.05. The second-order valence-electron chi connectivity index (χ2n) is 7.45. The van der Waals surface area contributed by atoms with Gasteiger partial charge in [-0.25, -0.2) is 8.42 Å². The standard InChI is InChI=1S/C19H26F3N3O4S/c1-2-16-13-24(10-11-29-16)18(26)14-23-6-8-25(9-7-23)30(27,28)17-5-3-4-15(12-17)19(20,21)22/h3-5,12,16H,2,6-11,13-14H2,1H3. The third-order valence-corrected chi connectivity index (χ3v) is 7.33. The maximum atomic E-state index is 12.9. The van der Waals surface area contributed by atoms with Gasteiger partial charge in [-0.05, 0) is 24.6 Å². The van der Waals surface area contributed by atoms with E-state index in [4.69, 9.17) is 4.74 Å². The molecule has 0 N–H and O–H groups in total. The highest BCUT2D eigenvalue weighted by atomic mass is 32.2. The van der Waals surface area contributed by atoms with E-state index < -0.39 is 21.8 Å². The van der Waals surface area contributed by atoms with E-state index in [1.54, 1.807) is 4.90 Å². The average Bonchev–Trinajstić information content (AvgIpc) is 2.73. The molecule has 11 heteroatoms. The summed E-state index contributed by atoms with van der Waals surface area (Å²) in [6, 6.07) is 3.77. The molecule has 1 amide bonds. The summed E-state index contributed by atoms with van der Waals surface area (Å²) in [5.74, 6) is -0.0223. The molecule has 7 nitrogen and oxygen atoms in total. The van der Waals surface area contributed by atoms with Crippen molar-refractivity contribution in [2.75, 3.05) is 52.4 Å². The minimum Gasteiger partial charge on any atom is -0.375 e. The van der Waals surface area contributed by atoms with Gasteiger partial charge in [0.2, 0.25) is 15.9 Å². The van der Waals surface area contributed by atoms with Crippen molar-refractivity contribution in [3.8, 4) is 0 Å². The molecule has 168 valence electrons. The zero-order chi connectivity index (χ0) is 21.9. The molecule has 0 bridgehead atoms. The monoisotopic (exact) mass is 449 g/mol. The normalized spacial score (nSPS) is 22.3. The van der Waals surface area contributed by atoms with Crippen LogP contribution in [-0.4, -0.2) is 87.0 Å². The van der Waals surface area contributed by atoms with E-state index in [2.05, 4.69) is 0 Å². The molecular weight excluding hydrogens is 423 g/mol. The number of hydrogen-bond donors (Lipinski definition) is 0. The lowest BCUT2D eigenvalue weighted by Gasteiger charge is -2.36. The van der Waals surface area contributed by atoms with E-state index in [9.17, 15) is 26.4 Å². The number of carbonyl (C=O) groups is 1. The minimum atomic E-state index is -4.61. The summed E-state index contributed by atoms with van der Waals surface area (Å²) in [4.78, 5) is 15.8. The Morgan fingerprint density at radius 1 is 1.17 bits per heavy atom. The first-order valence-electron chi connectivity index (χ1n) is 9.90. The van der Waals surface area contributed by atoms with Gasteiger partial charge in [0.15, 0.2) is 0 Å². The van der Waals surface area contributed by atoms with Crippen LogP contribution in [0.5, 0.6) is 0 Å². The van der Waals surface area contributed by atoms with Crippen molar-refractivity contribution in [1.82, 2.24) is 14.1 Å². The van der Waals surface area contributed by atoms with E-state index in [1.807, 2.05) is 11.8 Å². The molecular formula is C19H26F3N3O4S. The van der Waals surface area contributed by atoms with Gasteiger partial charge in [-0.3, -0.25) is 9.69 Å². The molecule has 3 rings (SSSR count). The number of piperazine rings is 1. The molecule has 2 saturated heterocycles. The molecule has 1 aromatic rings. The van der Waals surface area contributed by atoms with Crippen LogP contribution >= 0.6 is 0 Å². The summed E-state index contributed by atoms with van der Waals surface area (Å²) in [6.45, 7) is 4.71. The van der Waals surface area contributed by atoms with Crippen LogP contribution in [0.4, 0.5) is 13.2 Å². The molecule has 30 heavy (non-hydrogen) atoms. The van der Waals surface area contributed by atoms with Crippen LogP contribution in [0.15, 0.2) is 29.2 Å². The Morgan fingerprint density at radius 3 is 2.50 bits per heavy atom. The summed E-state index contributed by atoms with van der Waals surface area (Å²) in [5, 5.41) is 0. The fourth-order valence-electron chi connectivity index (χ4n) is 3.59. The van der Waals surface area contributed by atoms with Gasteiger partial charge in [0.25, 0.3) is 0 Å². The molecule has 0 aliphatic carbocycles. The topological polar surface area (TPSA) is 70.2 Å². The SMILES string of the molecule is CCC1CN(C(=O)CN2CCN(S(=O)(=O)c3cccc(C(F)(F)F)c3)CC2)CCO1. The quantitative estimate of drug-likeness (QED) is 0.684. The number of carbonyl (C=O) groups excluding carboxylic acids is 1. The number of nitrogens with zero attached hydrogens (tertiary/aromatic N) is 3. The zero-order valence-corrected chi connectivity index (χ0v) is 17.6. The van der Waals surface area contributed by atoms with Crippen LogP contribution < -0.4 is 0 Å². The summed E-state index contributed by atoms with van der Waals surface area (Å²) in [7, 11) is -4.03. The first kappa shape index (κ1) is 23.0.